The summed E-state index contributed by atoms with van der Waals surface area (Å²) in [6, 6.07) is 0. The second kappa shape index (κ2) is 11.2. The third-order valence-corrected chi connectivity index (χ3v) is 4.88. The Bertz CT molecular complexity index is 741. The Hall–Kier alpha value is -1.90. The van der Waals surface area contributed by atoms with Gasteiger partial charge in [-0.1, -0.05) is 44.6 Å². The van der Waals surface area contributed by atoms with Crippen molar-refractivity contribution >= 4 is 17.7 Å². The van der Waals surface area contributed by atoms with E-state index in [0.717, 1.165) is 36.2 Å². The van der Waals surface area contributed by atoms with Crippen molar-refractivity contribution in [3.63, 3.8) is 0 Å². The van der Waals surface area contributed by atoms with Crippen LogP contribution in [0.15, 0.2) is 9.68 Å². The predicted molar refractivity (Wildman–Crippen MR) is 109 cm³/mol. The average Bonchev–Trinajstić information content (AvgIpc) is 3.26. The van der Waals surface area contributed by atoms with Crippen molar-refractivity contribution in [2.24, 2.45) is 5.92 Å². The third kappa shape index (κ3) is 6.92. The molecule has 2 rings (SSSR count). The molecule has 0 aliphatic rings. The molecule has 0 aliphatic heterocycles. The van der Waals surface area contributed by atoms with Crippen molar-refractivity contribution in [1.82, 2.24) is 30.2 Å². The van der Waals surface area contributed by atoms with Crippen LogP contribution in [0.25, 0.3) is 0 Å². The van der Waals surface area contributed by atoms with Crippen LogP contribution in [0.3, 0.4) is 0 Å². The van der Waals surface area contributed by atoms with E-state index in [1.165, 1.54) is 0 Å². The molecule has 0 atom stereocenters. The first kappa shape index (κ1) is 22.4. The van der Waals surface area contributed by atoms with E-state index in [0.29, 0.717) is 37.6 Å². The number of hydrogen-bond acceptors (Lipinski definition) is 7. The van der Waals surface area contributed by atoms with Gasteiger partial charge < -0.3 is 14.4 Å². The van der Waals surface area contributed by atoms with E-state index >= 15 is 0 Å². The Balaban J connectivity index is 1.66. The number of carbonyl (C=O) groups excluding carboxylic acids is 1. The molecule has 2 heterocycles. The summed E-state index contributed by atoms with van der Waals surface area (Å²) in [6.45, 7) is 9.97. The molecule has 0 aliphatic carbocycles. The van der Waals surface area contributed by atoms with Crippen molar-refractivity contribution in [1.29, 1.82) is 0 Å². The van der Waals surface area contributed by atoms with Crippen LogP contribution in [-0.4, -0.2) is 43.6 Å². The molecule has 1 amide bonds. The molecule has 0 spiro atoms. The second-order valence-corrected chi connectivity index (χ2v) is 8.39. The minimum Gasteiger partial charge on any atom is -0.356 e. The summed E-state index contributed by atoms with van der Waals surface area (Å²) in [5, 5.41) is 16.4. The largest absolute Gasteiger partial charge is 0.356 e. The smallest absolute Gasteiger partial charge is 0.226 e. The van der Waals surface area contributed by atoms with Crippen LogP contribution >= 0.6 is 11.8 Å². The summed E-state index contributed by atoms with van der Waals surface area (Å²) < 4.78 is 7.38. The fraction of sp³-hybridized carbons (Fsp3) is 0.737. The maximum atomic E-state index is 12.0. The molecule has 9 heteroatoms. The molecule has 0 aromatic carbocycles. The molecule has 28 heavy (non-hydrogen) atoms. The lowest BCUT2D eigenvalue weighted by Crippen LogP contribution is -2.25. The normalized spacial score (nSPS) is 11.5. The van der Waals surface area contributed by atoms with E-state index in [-0.39, 0.29) is 11.8 Å². The summed E-state index contributed by atoms with van der Waals surface area (Å²) in [4.78, 5) is 16.3. The van der Waals surface area contributed by atoms with Gasteiger partial charge in [-0.05, 0) is 25.0 Å². The Morgan fingerprint density at radius 1 is 1.18 bits per heavy atom. The van der Waals surface area contributed by atoms with Crippen molar-refractivity contribution in [2.75, 3.05) is 12.8 Å². The maximum Gasteiger partial charge on any atom is 0.226 e. The van der Waals surface area contributed by atoms with E-state index < -0.39 is 0 Å². The first-order chi connectivity index (χ1) is 13.4. The van der Waals surface area contributed by atoms with E-state index in [1.807, 2.05) is 20.1 Å². The molecule has 0 fully saturated rings. The topological polar surface area (TPSA) is 98.7 Å². The fourth-order valence-electron chi connectivity index (χ4n) is 2.77. The van der Waals surface area contributed by atoms with Gasteiger partial charge in [0.1, 0.15) is 5.82 Å². The minimum absolute atomic E-state index is 0.0528. The van der Waals surface area contributed by atoms with Gasteiger partial charge in [0.05, 0.1) is 0 Å². The lowest BCUT2D eigenvalue weighted by molar-refractivity contribution is -0.121. The molecule has 2 aromatic rings. The maximum absolute atomic E-state index is 12.0. The van der Waals surface area contributed by atoms with E-state index in [1.54, 1.807) is 11.8 Å². The second-order valence-electron chi connectivity index (χ2n) is 7.62. The van der Waals surface area contributed by atoms with Gasteiger partial charge in [-0.3, -0.25) is 4.79 Å². The quantitative estimate of drug-likeness (QED) is 0.425. The van der Waals surface area contributed by atoms with Crippen molar-refractivity contribution in [3.8, 4) is 0 Å². The number of aryl methyl sites for hydroxylation is 2. The summed E-state index contributed by atoms with van der Waals surface area (Å²) in [5.41, 5.74) is 0. The molecule has 0 bridgehead atoms. The predicted octanol–water partition coefficient (Wildman–Crippen LogP) is 3.23. The molecular weight excluding hydrogens is 376 g/mol. The number of rotatable bonds is 12. The van der Waals surface area contributed by atoms with Gasteiger partial charge in [-0.2, -0.15) is 4.98 Å². The van der Waals surface area contributed by atoms with Gasteiger partial charge >= 0.3 is 0 Å². The summed E-state index contributed by atoms with van der Waals surface area (Å²) in [6.07, 6.45) is 5.45. The van der Waals surface area contributed by atoms with Gasteiger partial charge in [-0.25, -0.2) is 0 Å². The molecule has 0 unspecified atom stereocenters. The number of nitrogens with one attached hydrogen (secondary N) is 1. The summed E-state index contributed by atoms with van der Waals surface area (Å²) >= 11 is 1.61. The number of amides is 1. The van der Waals surface area contributed by atoms with Crippen molar-refractivity contribution in [2.45, 2.75) is 77.4 Å². The molecule has 0 saturated heterocycles. The Morgan fingerprint density at radius 2 is 1.96 bits per heavy atom. The minimum atomic E-state index is 0.0528. The van der Waals surface area contributed by atoms with Crippen LogP contribution in [-0.2, 0) is 24.2 Å². The van der Waals surface area contributed by atoms with Crippen molar-refractivity contribution < 1.29 is 9.32 Å². The monoisotopic (exact) mass is 408 g/mol. The van der Waals surface area contributed by atoms with Gasteiger partial charge in [-0.15, -0.1) is 10.2 Å². The highest BCUT2D eigenvalue weighted by molar-refractivity contribution is 7.98. The standard InChI is InChI=1S/C19H32N6O2S/c1-13(2)12-25-15(22-23-19(25)28-5)8-7-11-20-16(26)9-6-10-17-21-18(14(3)4)24-27-17/h13-14H,6-12H2,1-5H3,(H,20,26). The number of carbonyl (C=O) groups is 1. The molecular formula is C19H32N6O2S. The zero-order valence-corrected chi connectivity index (χ0v) is 18.4. The van der Waals surface area contributed by atoms with E-state index in [9.17, 15) is 4.79 Å². The van der Waals surface area contributed by atoms with Gasteiger partial charge in [0.15, 0.2) is 11.0 Å². The Labute approximate surface area is 171 Å². The van der Waals surface area contributed by atoms with Crippen LogP contribution in [0.2, 0.25) is 0 Å². The molecule has 8 nitrogen and oxygen atoms in total. The van der Waals surface area contributed by atoms with Crippen LogP contribution in [0, 0.1) is 5.92 Å². The van der Waals surface area contributed by atoms with Crippen LogP contribution in [0.4, 0.5) is 0 Å². The Kier molecular flexibility index (Phi) is 8.95. The van der Waals surface area contributed by atoms with Crippen LogP contribution < -0.4 is 5.32 Å². The summed E-state index contributed by atoms with van der Waals surface area (Å²) in [5.74, 6) is 3.15. The highest BCUT2D eigenvalue weighted by Crippen LogP contribution is 2.16. The van der Waals surface area contributed by atoms with E-state index in [2.05, 4.69) is 44.1 Å². The average molecular weight is 409 g/mol. The fourth-order valence-corrected chi connectivity index (χ4v) is 3.29. The number of nitrogens with zero attached hydrogens (tertiary/aromatic N) is 5. The summed E-state index contributed by atoms with van der Waals surface area (Å²) in [7, 11) is 0. The zero-order chi connectivity index (χ0) is 20.5. The lowest BCUT2D eigenvalue weighted by atomic mass is 10.2. The van der Waals surface area contributed by atoms with Crippen LogP contribution in [0.1, 0.15) is 70.4 Å². The highest BCUT2D eigenvalue weighted by Gasteiger charge is 2.13. The third-order valence-electron chi connectivity index (χ3n) is 4.22. The molecule has 1 N–H and O–H groups in total. The van der Waals surface area contributed by atoms with E-state index in [4.69, 9.17) is 4.52 Å². The lowest BCUT2D eigenvalue weighted by Gasteiger charge is -2.11. The molecule has 0 radical (unpaired) electrons. The molecule has 0 saturated carbocycles. The highest BCUT2D eigenvalue weighted by atomic mass is 32.2. The number of aromatic nitrogens is 5. The zero-order valence-electron chi connectivity index (χ0n) is 17.6. The molecule has 156 valence electrons. The molecule has 2 aromatic heterocycles. The first-order valence-electron chi connectivity index (χ1n) is 9.96. The Morgan fingerprint density at radius 3 is 2.61 bits per heavy atom. The van der Waals surface area contributed by atoms with Gasteiger partial charge in [0.2, 0.25) is 11.8 Å². The number of hydrogen-bond donors (Lipinski definition) is 1. The first-order valence-corrected chi connectivity index (χ1v) is 11.2. The van der Waals surface area contributed by atoms with Crippen LogP contribution in [0.5, 0.6) is 0 Å². The number of thioether (sulfide) groups is 1. The van der Waals surface area contributed by atoms with Crippen molar-refractivity contribution in [3.05, 3.63) is 17.5 Å². The van der Waals surface area contributed by atoms with Gasteiger partial charge in [0, 0.05) is 38.3 Å². The SMILES string of the molecule is CSc1nnc(CCCNC(=O)CCCc2nc(C(C)C)no2)n1CC(C)C. The van der Waals surface area contributed by atoms with Gasteiger partial charge in [0.25, 0.3) is 0 Å².